The standard InChI is InChI=1S/C17H21NO2S/c1-12(2)10-15(17(19)20)18-11-14-8-9-16(21-14)13-6-4-3-5-7-13/h3-9,12,15,18H,10-11H2,1-2H3,(H,19,20)/t15-/m1/s1. The summed E-state index contributed by atoms with van der Waals surface area (Å²) in [5, 5.41) is 12.4. The smallest absolute Gasteiger partial charge is 0.320 e. The Morgan fingerprint density at radius 1 is 1.19 bits per heavy atom. The summed E-state index contributed by atoms with van der Waals surface area (Å²) in [7, 11) is 0. The minimum atomic E-state index is -0.775. The highest BCUT2D eigenvalue weighted by molar-refractivity contribution is 7.15. The molecular weight excluding hydrogens is 282 g/mol. The average molecular weight is 303 g/mol. The topological polar surface area (TPSA) is 49.3 Å². The Morgan fingerprint density at radius 3 is 2.52 bits per heavy atom. The molecule has 1 aromatic carbocycles. The van der Waals surface area contributed by atoms with Crippen molar-refractivity contribution in [2.75, 3.05) is 0 Å². The summed E-state index contributed by atoms with van der Waals surface area (Å²) in [4.78, 5) is 13.6. The van der Waals surface area contributed by atoms with Crippen LogP contribution in [0, 0.1) is 5.92 Å². The number of nitrogens with one attached hydrogen (secondary N) is 1. The maximum Gasteiger partial charge on any atom is 0.320 e. The van der Waals surface area contributed by atoms with Crippen molar-refractivity contribution in [3.05, 3.63) is 47.3 Å². The first-order chi connectivity index (χ1) is 10.1. The Balaban J connectivity index is 1.98. The second-order valence-corrected chi connectivity index (χ2v) is 6.70. The molecule has 3 nitrogen and oxygen atoms in total. The largest absolute Gasteiger partial charge is 0.480 e. The summed E-state index contributed by atoms with van der Waals surface area (Å²) >= 11 is 1.70. The molecular formula is C17H21NO2S. The molecule has 0 saturated carbocycles. The maximum atomic E-state index is 11.2. The van der Waals surface area contributed by atoms with E-state index in [0.29, 0.717) is 18.9 Å². The number of carboxylic acids is 1. The summed E-state index contributed by atoms with van der Waals surface area (Å²) in [6.45, 7) is 4.67. The third kappa shape index (κ3) is 4.69. The lowest BCUT2D eigenvalue weighted by Crippen LogP contribution is -2.37. The Kier molecular flexibility index (Phi) is 5.53. The zero-order valence-electron chi connectivity index (χ0n) is 12.4. The molecule has 2 aromatic rings. The van der Waals surface area contributed by atoms with Crippen molar-refractivity contribution < 1.29 is 9.90 Å². The number of rotatable bonds is 7. The van der Waals surface area contributed by atoms with Crippen LogP contribution in [0.4, 0.5) is 0 Å². The van der Waals surface area contributed by atoms with E-state index in [9.17, 15) is 9.90 Å². The van der Waals surface area contributed by atoms with Crippen molar-refractivity contribution in [1.29, 1.82) is 0 Å². The molecule has 112 valence electrons. The number of benzene rings is 1. The van der Waals surface area contributed by atoms with Gasteiger partial charge in [-0.2, -0.15) is 0 Å². The van der Waals surface area contributed by atoms with Crippen LogP contribution in [0.15, 0.2) is 42.5 Å². The van der Waals surface area contributed by atoms with Crippen LogP contribution in [-0.2, 0) is 11.3 Å². The highest BCUT2D eigenvalue weighted by Gasteiger charge is 2.18. The summed E-state index contributed by atoms with van der Waals surface area (Å²) in [5.41, 5.74) is 1.20. The van der Waals surface area contributed by atoms with Crippen LogP contribution in [0.1, 0.15) is 25.1 Å². The molecule has 1 aromatic heterocycles. The number of carbonyl (C=O) groups is 1. The van der Waals surface area contributed by atoms with E-state index in [1.807, 2.05) is 32.0 Å². The van der Waals surface area contributed by atoms with Gasteiger partial charge in [0.1, 0.15) is 6.04 Å². The molecule has 0 aliphatic carbocycles. The highest BCUT2D eigenvalue weighted by Crippen LogP contribution is 2.27. The summed E-state index contributed by atoms with van der Waals surface area (Å²) in [6, 6.07) is 13.9. The Hall–Kier alpha value is -1.65. The van der Waals surface area contributed by atoms with Gasteiger partial charge in [0.25, 0.3) is 0 Å². The van der Waals surface area contributed by atoms with Crippen LogP contribution in [-0.4, -0.2) is 17.1 Å². The van der Waals surface area contributed by atoms with Gasteiger partial charge in [-0.15, -0.1) is 11.3 Å². The van der Waals surface area contributed by atoms with Crippen molar-refractivity contribution in [3.8, 4) is 10.4 Å². The van der Waals surface area contributed by atoms with Crippen LogP contribution < -0.4 is 5.32 Å². The number of thiophene rings is 1. The van der Waals surface area contributed by atoms with E-state index in [2.05, 4.69) is 29.6 Å². The van der Waals surface area contributed by atoms with Crippen molar-refractivity contribution in [3.63, 3.8) is 0 Å². The molecule has 0 radical (unpaired) electrons. The van der Waals surface area contributed by atoms with Gasteiger partial charge in [-0.25, -0.2) is 0 Å². The van der Waals surface area contributed by atoms with E-state index in [1.54, 1.807) is 11.3 Å². The van der Waals surface area contributed by atoms with Gasteiger partial charge in [0, 0.05) is 16.3 Å². The van der Waals surface area contributed by atoms with Gasteiger partial charge in [0.05, 0.1) is 0 Å². The molecule has 0 saturated heterocycles. The fraction of sp³-hybridized carbons (Fsp3) is 0.353. The lowest BCUT2D eigenvalue weighted by atomic mass is 10.0. The number of hydrogen-bond donors (Lipinski definition) is 2. The van der Waals surface area contributed by atoms with Gasteiger partial charge in [-0.1, -0.05) is 44.2 Å². The minimum Gasteiger partial charge on any atom is -0.480 e. The lowest BCUT2D eigenvalue weighted by molar-refractivity contribution is -0.140. The molecule has 1 heterocycles. The fourth-order valence-electron chi connectivity index (χ4n) is 2.20. The lowest BCUT2D eigenvalue weighted by Gasteiger charge is -2.15. The van der Waals surface area contributed by atoms with E-state index in [4.69, 9.17) is 0 Å². The third-order valence-corrected chi connectivity index (χ3v) is 4.38. The molecule has 0 aliphatic heterocycles. The minimum absolute atomic E-state index is 0.363. The first kappa shape index (κ1) is 15.7. The average Bonchev–Trinajstić information content (AvgIpc) is 2.92. The van der Waals surface area contributed by atoms with Gasteiger partial charge in [-0.3, -0.25) is 10.1 Å². The molecule has 2 N–H and O–H groups in total. The van der Waals surface area contributed by atoms with E-state index in [0.717, 1.165) is 4.88 Å². The summed E-state index contributed by atoms with van der Waals surface area (Å²) < 4.78 is 0. The van der Waals surface area contributed by atoms with Crippen molar-refractivity contribution >= 4 is 17.3 Å². The molecule has 0 unspecified atom stereocenters. The number of hydrogen-bond acceptors (Lipinski definition) is 3. The highest BCUT2D eigenvalue weighted by atomic mass is 32.1. The van der Waals surface area contributed by atoms with Crippen LogP contribution in [0.25, 0.3) is 10.4 Å². The molecule has 0 spiro atoms. The van der Waals surface area contributed by atoms with E-state index >= 15 is 0 Å². The van der Waals surface area contributed by atoms with Crippen molar-refractivity contribution in [2.45, 2.75) is 32.9 Å². The summed E-state index contributed by atoms with van der Waals surface area (Å²) in [6.07, 6.45) is 0.645. The van der Waals surface area contributed by atoms with Gasteiger partial charge >= 0.3 is 5.97 Å². The predicted molar refractivity (Wildman–Crippen MR) is 87.5 cm³/mol. The van der Waals surface area contributed by atoms with Gasteiger partial charge < -0.3 is 5.11 Å². The Labute approximate surface area is 129 Å². The predicted octanol–water partition coefficient (Wildman–Crippen LogP) is 4.00. The third-order valence-electron chi connectivity index (χ3n) is 3.25. The first-order valence-corrected chi connectivity index (χ1v) is 7.98. The quantitative estimate of drug-likeness (QED) is 0.812. The molecule has 0 bridgehead atoms. The van der Waals surface area contributed by atoms with Gasteiger partial charge in [0.2, 0.25) is 0 Å². The normalized spacial score (nSPS) is 12.5. The molecule has 2 rings (SSSR count). The van der Waals surface area contributed by atoms with E-state index < -0.39 is 12.0 Å². The molecule has 0 aliphatic rings. The second kappa shape index (κ2) is 7.38. The van der Waals surface area contributed by atoms with Crippen LogP contribution in [0.2, 0.25) is 0 Å². The van der Waals surface area contributed by atoms with Crippen LogP contribution in [0.3, 0.4) is 0 Å². The zero-order chi connectivity index (χ0) is 15.2. The molecule has 4 heteroatoms. The molecule has 0 amide bonds. The van der Waals surface area contributed by atoms with Gasteiger partial charge in [-0.05, 0) is 30.0 Å². The van der Waals surface area contributed by atoms with E-state index in [-0.39, 0.29) is 0 Å². The zero-order valence-corrected chi connectivity index (χ0v) is 13.2. The van der Waals surface area contributed by atoms with E-state index in [1.165, 1.54) is 10.4 Å². The second-order valence-electron chi connectivity index (χ2n) is 5.53. The number of carboxylic acid groups (broad SMARTS) is 1. The van der Waals surface area contributed by atoms with Crippen LogP contribution in [0.5, 0.6) is 0 Å². The molecule has 21 heavy (non-hydrogen) atoms. The van der Waals surface area contributed by atoms with Gasteiger partial charge in [0.15, 0.2) is 0 Å². The molecule has 1 atom stereocenters. The summed E-state index contributed by atoms with van der Waals surface area (Å²) in [5.74, 6) is -0.412. The Morgan fingerprint density at radius 2 is 1.90 bits per heavy atom. The van der Waals surface area contributed by atoms with Crippen molar-refractivity contribution in [2.24, 2.45) is 5.92 Å². The fourth-order valence-corrected chi connectivity index (χ4v) is 3.16. The molecule has 0 fully saturated rings. The Bertz CT molecular complexity index is 577. The maximum absolute atomic E-state index is 11.2. The SMILES string of the molecule is CC(C)C[C@@H](NCc1ccc(-c2ccccc2)s1)C(=O)O. The first-order valence-electron chi connectivity index (χ1n) is 7.16. The van der Waals surface area contributed by atoms with Crippen molar-refractivity contribution in [1.82, 2.24) is 5.32 Å². The number of aliphatic carboxylic acids is 1. The monoisotopic (exact) mass is 303 g/mol. The van der Waals surface area contributed by atoms with Crippen LogP contribution >= 0.6 is 11.3 Å².